The first-order valence-corrected chi connectivity index (χ1v) is 10.1. The van der Waals surface area contributed by atoms with E-state index >= 15 is 0 Å². The van der Waals surface area contributed by atoms with Gasteiger partial charge in [0.2, 0.25) is 5.91 Å². The van der Waals surface area contributed by atoms with Crippen LogP contribution in [0.15, 0.2) is 59.6 Å². The lowest BCUT2D eigenvalue weighted by Crippen LogP contribution is -2.49. The number of nitrogens with one attached hydrogen (secondary N) is 3. The standard InChI is InChI=1S/C22H29N5O2.HI/c1-2-23-22(24-16-21(29)25-17-8-10-20(28)11-9-17)26-18-12-14-27(15-13-18)19-6-4-3-5-7-19;/h3-11,18,28H,2,12-16H2,1H3,(H,25,29)(H2,23,24,26);1H. The van der Waals surface area contributed by atoms with Gasteiger partial charge in [-0.1, -0.05) is 18.2 Å². The molecule has 1 heterocycles. The number of nitrogens with zero attached hydrogens (tertiary/aromatic N) is 2. The molecular formula is C22H30IN5O2. The molecule has 1 fully saturated rings. The highest BCUT2D eigenvalue weighted by Gasteiger charge is 2.20. The van der Waals surface area contributed by atoms with E-state index in [9.17, 15) is 9.90 Å². The topological polar surface area (TPSA) is 89.0 Å². The molecule has 1 amide bonds. The number of anilines is 2. The van der Waals surface area contributed by atoms with Crippen molar-refractivity contribution in [2.45, 2.75) is 25.8 Å². The lowest BCUT2D eigenvalue weighted by Gasteiger charge is -2.34. The van der Waals surface area contributed by atoms with Gasteiger partial charge in [0.25, 0.3) is 0 Å². The zero-order chi connectivity index (χ0) is 20.5. The van der Waals surface area contributed by atoms with Gasteiger partial charge in [-0.3, -0.25) is 4.79 Å². The number of carbonyl (C=O) groups excluding carboxylic acids is 1. The second-order valence-electron chi connectivity index (χ2n) is 7.03. The van der Waals surface area contributed by atoms with Gasteiger partial charge < -0.3 is 26.0 Å². The van der Waals surface area contributed by atoms with Gasteiger partial charge in [-0.15, -0.1) is 24.0 Å². The molecule has 1 aliphatic heterocycles. The van der Waals surface area contributed by atoms with Crippen molar-refractivity contribution in [3.8, 4) is 5.75 Å². The summed E-state index contributed by atoms with van der Waals surface area (Å²) in [6.07, 6.45) is 2.03. The Hall–Kier alpha value is -2.49. The van der Waals surface area contributed by atoms with Gasteiger partial charge in [0.15, 0.2) is 5.96 Å². The van der Waals surface area contributed by atoms with E-state index in [0.29, 0.717) is 17.7 Å². The maximum atomic E-state index is 12.2. The third-order valence-electron chi connectivity index (χ3n) is 4.83. The van der Waals surface area contributed by atoms with Gasteiger partial charge in [0.05, 0.1) is 0 Å². The van der Waals surface area contributed by atoms with Crippen LogP contribution in [-0.2, 0) is 4.79 Å². The summed E-state index contributed by atoms with van der Waals surface area (Å²) < 4.78 is 0. The van der Waals surface area contributed by atoms with Crippen molar-refractivity contribution in [2.24, 2.45) is 4.99 Å². The lowest BCUT2D eigenvalue weighted by molar-refractivity contribution is -0.114. The number of phenols is 1. The van der Waals surface area contributed by atoms with Crippen LogP contribution in [0, 0.1) is 0 Å². The number of piperidine rings is 1. The number of halogens is 1. The number of hydrogen-bond acceptors (Lipinski definition) is 4. The lowest BCUT2D eigenvalue weighted by atomic mass is 10.0. The fourth-order valence-corrected chi connectivity index (χ4v) is 3.33. The molecule has 0 atom stereocenters. The fraction of sp³-hybridized carbons (Fsp3) is 0.364. The molecule has 2 aromatic rings. The summed E-state index contributed by atoms with van der Waals surface area (Å²) in [6, 6.07) is 17.2. The molecule has 0 unspecified atom stereocenters. The van der Waals surface area contributed by atoms with Gasteiger partial charge in [-0.05, 0) is 56.2 Å². The Morgan fingerprint density at radius 1 is 1.10 bits per heavy atom. The predicted octanol–water partition coefficient (Wildman–Crippen LogP) is 3.17. The van der Waals surface area contributed by atoms with Crippen molar-refractivity contribution in [3.05, 3.63) is 54.6 Å². The van der Waals surface area contributed by atoms with Crippen LogP contribution >= 0.6 is 24.0 Å². The third kappa shape index (κ3) is 7.40. The zero-order valence-corrected chi connectivity index (χ0v) is 19.5. The quantitative estimate of drug-likeness (QED) is 0.202. The summed E-state index contributed by atoms with van der Waals surface area (Å²) in [5, 5.41) is 18.8. The average Bonchev–Trinajstić information content (AvgIpc) is 2.75. The van der Waals surface area contributed by atoms with Crippen molar-refractivity contribution in [1.29, 1.82) is 0 Å². The van der Waals surface area contributed by atoms with E-state index in [2.05, 4.69) is 50.1 Å². The number of aromatic hydroxyl groups is 1. The molecule has 1 saturated heterocycles. The Bertz CT molecular complexity index is 806. The molecule has 0 radical (unpaired) electrons. The zero-order valence-electron chi connectivity index (χ0n) is 17.2. The summed E-state index contributed by atoms with van der Waals surface area (Å²) in [7, 11) is 0. The third-order valence-corrected chi connectivity index (χ3v) is 4.83. The molecule has 8 heteroatoms. The van der Waals surface area contributed by atoms with Gasteiger partial charge in [0.1, 0.15) is 12.3 Å². The highest BCUT2D eigenvalue weighted by molar-refractivity contribution is 14.0. The molecule has 0 saturated carbocycles. The molecule has 0 aromatic heterocycles. The number of amides is 1. The molecule has 162 valence electrons. The summed E-state index contributed by atoms with van der Waals surface area (Å²) in [4.78, 5) is 19.0. The van der Waals surface area contributed by atoms with Gasteiger partial charge in [0, 0.05) is 37.1 Å². The average molecular weight is 523 g/mol. The van der Waals surface area contributed by atoms with Crippen molar-refractivity contribution in [3.63, 3.8) is 0 Å². The van der Waals surface area contributed by atoms with Crippen LogP contribution in [0.4, 0.5) is 11.4 Å². The second kappa shape index (κ2) is 12.3. The minimum absolute atomic E-state index is 0. The smallest absolute Gasteiger partial charge is 0.246 e. The van der Waals surface area contributed by atoms with Gasteiger partial charge >= 0.3 is 0 Å². The Kier molecular flexibility index (Phi) is 9.72. The number of hydrogen-bond donors (Lipinski definition) is 4. The molecular weight excluding hydrogens is 493 g/mol. The number of benzene rings is 2. The molecule has 3 rings (SSSR count). The van der Waals surface area contributed by atoms with Crippen LogP contribution in [-0.4, -0.2) is 49.2 Å². The Morgan fingerprint density at radius 3 is 2.40 bits per heavy atom. The van der Waals surface area contributed by atoms with Crippen molar-refractivity contribution >= 4 is 47.2 Å². The normalized spacial score (nSPS) is 14.6. The molecule has 0 spiro atoms. The Morgan fingerprint density at radius 2 is 1.77 bits per heavy atom. The highest BCUT2D eigenvalue weighted by atomic mass is 127. The maximum absolute atomic E-state index is 12.2. The minimum Gasteiger partial charge on any atom is -0.508 e. The SMILES string of the molecule is CCNC(=NCC(=O)Nc1ccc(O)cc1)NC1CCN(c2ccccc2)CC1.I. The first-order chi connectivity index (χ1) is 14.1. The first-order valence-electron chi connectivity index (χ1n) is 10.1. The van der Waals surface area contributed by atoms with E-state index in [4.69, 9.17) is 0 Å². The molecule has 4 N–H and O–H groups in total. The van der Waals surface area contributed by atoms with E-state index in [-0.39, 0.29) is 42.2 Å². The number of guanidine groups is 1. The van der Waals surface area contributed by atoms with E-state index in [1.54, 1.807) is 12.1 Å². The summed E-state index contributed by atoms with van der Waals surface area (Å²) in [5.41, 5.74) is 1.90. The first kappa shape index (κ1) is 23.8. The van der Waals surface area contributed by atoms with Gasteiger partial charge in [-0.2, -0.15) is 0 Å². The number of aliphatic imine (C=N–C) groups is 1. The maximum Gasteiger partial charge on any atom is 0.246 e. The van der Waals surface area contributed by atoms with Crippen LogP contribution in [0.5, 0.6) is 5.75 Å². The van der Waals surface area contributed by atoms with Gasteiger partial charge in [-0.25, -0.2) is 4.99 Å². The second-order valence-corrected chi connectivity index (χ2v) is 7.03. The van der Waals surface area contributed by atoms with E-state index in [1.807, 2.05) is 13.0 Å². The van der Waals surface area contributed by atoms with Crippen LogP contribution in [0.2, 0.25) is 0 Å². The minimum atomic E-state index is -0.202. The van der Waals surface area contributed by atoms with Crippen molar-refractivity contribution < 1.29 is 9.90 Å². The van der Waals surface area contributed by atoms with E-state index < -0.39 is 0 Å². The monoisotopic (exact) mass is 523 g/mol. The molecule has 0 aliphatic carbocycles. The number of carbonyl (C=O) groups is 1. The Balaban J connectivity index is 0.00000320. The summed E-state index contributed by atoms with van der Waals surface area (Å²) >= 11 is 0. The number of rotatable bonds is 6. The van der Waals surface area contributed by atoms with Crippen molar-refractivity contribution in [1.82, 2.24) is 10.6 Å². The summed E-state index contributed by atoms with van der Waals surface area (Å²) in [5.74, 6) is 0.622. The molecule has 30 heavy (non-hydrogen) atoms. The van der Waals surface area contributed by atoms with Crippen LogP contribution in [0.25, 0.3) is 0 Å². The Labute approximate surface area is 195 Å². The van der Waals surface area contributed by atoms with Crippen LogP contribution in [0.3, 0.4) is 0 Å². The largest absolute Gasteiger partial charge is 0.508 e. The van der Waals surface area contributed by atoms with Crippen molar-refractivity contribution in [2.75, 3.05) is 36.4 Å². The molecule has 2 aromatic carbocycles. The predicted molar refractivity (Wildman–Crippen MR) is 133 cm³/mol. The molecule has 7 nitrogen and oxygen atoms in total. The number of para-hydroxylation sites is 1. The molecule has 1 aliphatic rings. The van der Waals surface area contributed by atoms with Crippen LogP contribution < -0.4 is 20.9 Å². The highest BCUT2D eigenvalue weighted by Crippen LogP contribution is 2.19. The van der Waals surface area contributed by atoms with E-state index in [0.717, 1.165) is 32.5 Å². The molecule has 0 bridgehead atoms. The van der Waals surface area contributed by atoms with Crippen LogP contribution in [0.1, 0.15) is 19.8 Å². The summed E-state index contributed by atoms with van der Waals surface area (Å²) in [6.45, 7) is 4.74. The fourth-order valence-electron chi connectivity index (χ4n) is 3.33. The van der Waals surface area contributed by atoms with E-state index in [1.165, 1.54) is 17.8 Å². The number of phenolic OH excluding ortho intramolecular Hbond substituents is 1.